The first-order valence-corrected chi connectivity index (χ1v) is 9.00. The predicted molar refractivity (Wildman–Crippen MR) is 101 cm³/mol. The molecule has 8 N–H and O–H groups in total. The van der Waals surface area contributed by atoms with Gasteiger partial charge in [0.15, 0.2) is 0 Å². The summed E-state index contributed by atoms with van der Waals surface area (Å²) in [4.78, 5) is 58.9. The van der Waals surface area contributed by atoms with Crippen molar-refractivity contribution in [2.75, 3.05) is 6.54 Å². The van der Waals surface area contributed by atoms with Gasteiger partial charge >= 0.3 is 5.97 Å². The summed E-state index contributed by atoms with van der Waals surface area (Å²) >= 11 is 0. The summed E-state index contributed by atoms with van der Waals surface area (Å²) in [7, 11) is 0. The third-order valence-electron chi connectivity index (χ3n) is 3.81. The zero-order valence-corrected chi connectivity index (χ0v) is 16.7. The van der Waals surface area contributed by atoms with Crippen LogP contribution in [0.3, 0.4) is 0 Å². The fraction of sp³-hybridized carbons (Fsp3) is 0.706. The van der Waals surface area contributed by atoms with Gasteiger partial charge in [-0.05, 0) is 18.3 Å². The van der Waals surface area contributed by atoms with E-state index in [-0.39, 0.29) is 12.5 Å². The van der Waals surface area contributed by atoms with E-state index in [1.165, 1.54) is 0 Å². The summed E-state index contributed by atoms with van der Waals surface area (Å²) in [6, 6.07) is -3.48. The van der Waals surface area contributed by atoms with Crippen molar-refractivity contribution in [2.24, 2.45) is 23.3 Å². The minimum absolute atomic E-state index is 0.0760. The molecule has 0 aromatic carbocycles. The first-order chi connectivity index (χ1) is 12.9. The summed E-state index contributed by atoms with van der Waals surface area (Å²) in [5, 5.41) is 16.4. The van der Waals surface area contributed by atoms with Gasteiger partial charge < -0.3 is 32.5 Å². The number of carboxylic acids is 1. The molecule has 0 heterocycles. The largest absolute Gasteiger partial charge is 0.480 e. The van der Waals surface area contributed by atoms with Crippen LogP contribution in [0.4, 0.5) is 0 Å². The maximum Gasteiger partial charge on any atom is 0.326 e. The Morgan fingerprint density at radius 1 is 0.893 bits per heavy atom. The number of carboxylic acid groups (broad SMARTS) is 1. The van der Waals surface area contributed by atoms with E-state index < -0.39 is 60.1 Å². The van der Waals surface area contributed by atoms with Crippen molar-refractivity contribution in [3.63, 3.8) is 0 Å². The van der Waals surface area contributed by atoms with Gasteiger partial charge in [0.1, 0.15) is 18.1 Å². The first-order valence-electron chi connectivity index (χ1n) is 9.00. The molecule has 0 aromatic rings. The lowest BCUT2D eigenvalue weighted by Gasteiger charge is -2.27. The van der Waals surface area contributed by atoms with Crippen LogP contribution in [0.15, 0.2) is 0 Å². The molecule has 0 saturated heterocycles. The van der Waals surface area contributed by atoms with Crippen LogP contribution in [-0.2, 0) is 24.0 Å². The van der Waals surface area contributed by atoms with Gasteiger partial charge in [0.05, 0.1) is 13.0 Å². The minimum atomic E-state index is -1.51. The molecule has 0 fully saturated rings. The number of primary amides is 1. The van der Waals surface area contributed by atoms with Crippen LogP contribution in [0.5, 0.6) is 0 Å². The van der Waals surface area contributed by atoms with E-state index in [1.54, 1.807) is 13.8 Å². The Balaban J connectivity index is 5.30. The molecule has 0 aliphatic heterocycles. The van der Waals surface area contributed by atoms with Crippen molar-refractivity contribution in [1.82, 2.24) is 16.0 Å². The molecule has 0 saturated carbocycles. The average Bonchev–Trinajstić information content (AvgIpc) is 2.56. The zero-order chi connectivity index (χ0) is 22.0. The third kappa shape index (κ3) is 9.31. The first kappa shape index (κ1) is 25.3. The Hall–Kier alpha value is -2.69. The summed E-state index contributed by atoms with van der Waals surface area (Å²) in [5.74, 6) is -4.51. The van der Waals surface area contributed by atoms with Crippen molar-refractivity contribution in [3.8, 4) is 0 Å². The Morgan fingerprint density at radius 2 is 1.46 bits per heavy atom. The quantitative estimate of drug-likeness (QED) is 0.219. The van der Waals surface area contributed by atoms with Gasteiger partial charge in [-0.2, -0.15) is 0 Å². The van der Waals surface area contributed by atoms with Gasteiger partial charge in [-0.25, -0.2) is 4.79 Å². The second-order valence-corrected chi connectivity index (χ2v) is 7.25. The maximum absolute atomic E-state index is 12.6. The Bertz CT molecular complexity index is 593. The van der Waals surface area contributed by atoms with Crippen LogP contribution in [0.25, 0.3) is 0 Å². The predicted octanol–water partition coefficient (Wildman–Crippen LogP) is -1.94. The number of hydrogen-bond acceptors (Lipinski definition) is 6. The highest BCUT2D eigenvalue weighted by atomic mass is 16.4. The van der Waals surface area contributed by atoms with Crippen molar-refractivity contribution < 1.29 is 29.1 Å². The smallest absolute Gasteiger partial charge is 0.326 e. The van der Waals surface area contributed by atoms with E-state index in [0.29, 0.717) is 6.42 Å². The SMILES string of the molecule is CC(C)CC(NC(=O)CN)C(=O)NC(C(=O)NC(CC(N)=O)C(=O)O)C(C)C. The molecule has 0 radical (unpaired) electrons. The average molecular weight is 401 g/mol. The monoisotopic (exact) mass is 401 g/mol. The van der Waals surface area contributed by atoms with E-state index >= 15 is 0 Å². The number of carbonyl (C=O) groups is 5. The molecule has 0 rings (SSSR count). The number of nitrogens with two attached hydrogens (primary N) is 2. The highest BCUT2D eigenvalue weighted by molar-refractivity contribution is 5.94. The van der Waals surface area contributed by atoms with Crippen molar-refractivity contribution in [3.05, 3.63) is 0 Å². The fourth-order valence-electron chi connectivity index (χ4n) is 2.41. The van der Waals surface area contributed by atoms with Gasteiger partial charge in [-0.3, -0.25) is 19.2 Å². The van der Waals surface area contributed by atoms with E-state index in [9.17, 15) is 24.0 Å². The number of amides is 4. The molecule has 0 spiro atoms. The number of hydrogen-bond donors (Lipinski definition) is 6. The van der Waals surface area contributed by atoms with Crippen LogP contribution in [0.1, 0.15) is 40.5 Å². The molecule has 11 heteroatoms. The van der Waals surface area contributed by atoms with Crippen molar-refractivity contribution in [1.29, 1.82) is 0 Å². The minimum Gasteiger partial charge on any atom is -0.480 e. The lowest BCUT2D eigenvalue weighted by Crippen LogP contribution is -2.58. The highest BCUT2D eigenvalue weighted by Crippen LogP contribution is 2.08. The van der Waals surface area contributed by atoms with Gasteiger partial charge in [0.2, 0.25) is 23.6 Å². The number of carbonyl (C=O) groups excluding carboxylic acids is 4. The molecule has 3 unspecified atom stereocenters. The van der Waals surface area contributed by atoms with E-state index in [4.69, 9.17) is 16.6 Å². The van der Waals surface area contributed by atoms with Crippen LogP contribution >= 0.6 is 0 Å². The van der Waals surface area contributed by atoms with Crippen molar-refractivity contribution >= 4 is 29.6 Å². The zero-order valence-electron chi connectivity index (χ0n) is 16.7. The summed E-state index contributed by atoms with van der Waals surface area (Å²) in [6.45, 7) is 6.75. The summed E-state index contributed by atoms with van der Waals surface area (Å²) in [5.41, 5.74) is 10.3. The molecular weight excluding hydrogens is 370 g/mol. The van der Waals surface area contributed by atoms with Crippen LogP contribution in [-0.4, -0.2) is 59.4 Å². The summed E-state index contributed by atoms with van der Waals surface area (Å²) < 4.78 is 0. The van der Waals surface area contributed by atoms with Gasteiger partial charge in [-0.1, -0.05) is 27.7 Å². The van der Waals surface area contributed by atoms with Crippen LogP contribution in [0.2, 0.25) is 0 Å². The number of rotatable bonds is 12. The lowest BCUT2D eigenvalue weighted by atomic mass is 9.99. The summed E-state index contributed by atoms with van der Waals surface area (Å²) in [6.07, 6.45) is -0.258. The molecule has 0 aliphatic carbocycles. The number of aliphatic carboxylic acids is 1. The van der Waals surface area contributed by atoms with Gasteiger partial charge in [0, 0.05) is 0 Å². The highest BCUT2D eigenvalue weighted by Gasteiger charge is 2.31. The lowest BCUT2D eigenvalue weighted by molar-refractivity contribution is -0.144. The fourth-order valence-corrected chi connectivity index (χ4v) is 2.41. The molecular formula is C17H31N5O6. The Morgan fingerprint density at radius 3 is 1.86 bits per heavy atom. The maximum atomic E-state index is 12.6. The van der Waals surface area contributed by atoms with Crippen LogP contribution in [0, 0.1) is 11.8 Å². The second-order valence-electron chi connectivity index (χ2n) is 7.25. The molecule has 0 bridgehead atoms. The normalized spacial score (nSPS) is 14.1. The molecule has 0 aliphatic rings. The van der Waals surface area contributed by atoms with Gasteiger partial charge in [-0.15, -0.1) is 0 Å². The Kier molecular flexibility index (Phi) is 10.8. The van der Waals surface area contributed by atoms with Gasteiger partial charge in [0.25, 0.3) is 0 Å². The third-order valence-corrected chi connectivity index (χ3v) is 3.81. The second kappa shape index (κ2) is 11.9. The molecule has 11 nitrogen and oxygen atoms in total. The Labute approximate surface area is 164 Å². The molecule has 28 heavy (non-hydrogen) atoms. The molecule has 3 atom stereocenters. The topological polar surface area (TPSA) is 194 Å². The van der Waals surface area contributed by atoms with Crippen LogP contribution < -0.4 is 27.4 Å². The molecule has 4 amide bonds. The number of nitrogens with one attached hydrogen (secondary N) is 3. The van der Waals surface area contributed by atoms with E-state index in [1.807, 2.05) is 13.8 Å². The van der Waals surface area contributed by atoms with Crippen molar-refractivity contribution in [2.45, 2.75) is 58.7 Å². The standard InChI is InChI=1S/C17H31N5O6/c1-8(2)5-10(20-13(24)7-18)15(25)22-14(9(3)4)16(26)21-11(17(27)28)6-12(19)23/h8-11,14H,5-7,18H2,1-4H3,(H2,19,23)(H,20,24)(H,21,26)(H,22,25)(H,27,28). The van der Waals surface area contributed by atoms with E-state index in [0.717, 1.165) is 0 Å². The molecule has 0 aromatic heterocycles. The van der Waals surface area contributed by atoms with E-state index in [2.05, 4.69) is 16.0 Å². The molecule has 160 valence electrons.